The van der Waals surface area contributed by atoms with E-state index in [9.17, 15) is 0 Å². The first-order valence-corrected chi connectivity index (χ1v) is 8.44. The molecule has 2 aromatic heterocycles. The second-order valence-corrected chi connectivity index (χ2v) is 6.63. The number of nitrogens with zero attached hydrogens (tertiary/aromatic N) is 5. The maximum atomic E-state index is 5.26. The lowest BCUT2D eigenvalue weighted by Gasteiger charge is -2.32. The van der Waals surface area contributed by atoms with Gasteiger partial charge in [0, 0.05) is 51.5 Å². The highest BCUT2D eigenvalue weighted by Gasteiger charge is 2.21. The fraction of sp³-hybridized carbons (Fsp3) is 0.588. The third kappa shape index (κ3) is 3.84. The third-order valence-corrected chi connectivity index (χ3v) is 4.55. The molecule has 0 aromatic carbocycles. The summed E-state index contributed by atoms with van der Waals surface area (Å²) < 4.78 is 5.26. The van der Waals surface area contributed by atoms with Crippen molar-refractivity contribution in [2.75, 3.05) is 37.4 Å². The highest BCUT2D eigenvalue weighted by Crippen LogP contribution is 2.20. The zero-order valence-corrected chi connectivity index (χ0v) is 14.9. The molecule has 0 amide bonds. The van der Waals surface area contributed by atoms with E-state index in [1.807, 2.05) is 38.9 Å². The summed E-state index contributed by atoms with van der Waals surface area (Å²) in [6.07, 6.45) is 4.01. The highest BCUT2D eigenvalue weighted by atomic mass is 16.5. The number of aryl methyl sites for hydroxylation is 2. The average molecular weight is 330 g/mol. The number of hydrogen-bond acceptors (Lipinski definition) is 7. The van der Waals surface area contributed by atoms with Gasteiger partial charge in [-0.2, -0.15) is 4.98 Å². The first kappa shape index (κ1) is 16.7. The standard InChI is InChI=1S/C17H26N6O/c1-12-15(13(2)24-21-12)11-23-9-6-14(7-10-23)19-16-5-8-18-17(20-16)22(3)4/h5,8,14H,6-7,9-11H2,1-4H3,(H,18,19,20). The quantitative estimate of drug-likeness (QED) is 0.901. The van der Waals surface area contributed by atoms with E-state index in [2.05, 4.69) is 25.3 Å². The van der Waals surface area contributed by atoms with Gasteiger partial charge in [0.1, 0.15) is 11.6 Å². The van der Waals surface area contributed by atoms with Crippen LogP contribution in [-0.4, -0.2) is 53.3 Å². The summed E-state index contributed by atoms with van der Waals surface area (Å²) in [5, 5.41) is 7.59. The van der Waals surface area contributed by atoms with Crippen LogP contribution in [0.3, 0.4) is 0 Å². The lowest BCUT2D eigenvalue weighted by Crippen LogP contribution is -2.39. The van der Waals surface area contributed by atoms with Gasteiger partial charge in [0.15, 0.2) is 0 Å². The van der Waals surface area contributed by atoms with Crippen LogP contribution in [0.15, 0.2) is 16.8 Å². The van der Waals surface area contributed by atoms with E-state index in [1.54, 1.807) is 6.20 Å². The molecular weight excluding hydrogens is 304 g/mol. The van der Waals surface area contributed by atoms with Gasteiger partial charge >= 0.3 is 0 Å². The molecule has 7 heteroatoms. The van der Waals surface area contributed by atoms with E-state index < -0.39 is 0 Å². The Morgan fingerprint density at radius 3 is 2.67 bits per heavy atom. The first-order chi connectivity index (χ1) is 11.5. The SMILES string of the molecule is Cc1noc(C)c1CN1CCC(Nc2ccnc(N(C)C)n2)CC1. The minimum absolute atomic E-state index is 0.454. The topological polar surface area (TPSA) is 70.3 Å². The average Bonchev–Trinajstić information content (AvgIpc) is 2.89. The monoisotopic (exact) mass is 330 g/mol. The van der Waals surface area contributed by atoms with Gasteiger partial charge in [-0.3, -0.25) is 4.90 Å². The molecule has 3 rings (SSSR count). The molecule has 0 bridgehead atoms. The van der Waals surface area contributed by atoms with Crippen LogP contribution in [-0.2, 0) is 6.54 Å². The summed E-state index contributed by atoms with van der Waals surface area (Å²) in [6.45, 7) is 7.05. The van der Waals surface area contributed by atoms with Gasteiger partial charge in [-0.25, -0.2) is 4.98 Å². The maximum Gasteiger partial charge on any atom is 0.226 e. The molecule has 7 nitrogen and oxygen atoms in total. The molecule has 0 radical (unpaired) electrons. The lowest BCUT2D eigenvalue weighted by molar-refractivity contribution is 0.210. The van der Waals surface area contributed by atoms with Gasteiger partial charge in [-0.1, -0.05) is 5.16 Å². The lowest BCUT2D eigenvalue weighted by atomic mass is 10.0. The molecule has 1 saturated heterocycles. The summed E-state index contributed by atoms with van der Waals surface area (Å²) in [6, 6.07) is 2.39. The number of aromatic nitrogens is 3. The van der Waals surface area contributed by atoms with Crippen LogP contribution in [0.2, 0.25) is 0 Å². The second kappa shape index (κ2) is 7.17. The fourth-order valence-electron chi connectivity index (χ4n) is 3.04. The zero-order valence-electron chi connectivity index (χ0n) is 14.9. The number of nitrogens with one attached hydrogen (secondary N) is 1. The molecule has 0 aliphatic carbocycles. The Morgan fingerprint density at radius 2 is 2.04 bits per heavy atom. The van der Waals surface area contributed by atoms with Crippen molar-refractivity contribution in [3.63, 3.8) is 0 Å². The molecule has 2 aromatic rings. The molecule has 0 atom stereocenters. The second-order valence-electron chi connectivity index (χ2n) is 6.63. The summed E-state index contributed by atoms with van der Waals surface area (Å²) in [5.74, 6) is 2.57. The number of hydrogen-bond donors (Lipinski definition) is 1. The van der Waals surface area contributed by atoms with E-state index in [0.717, 1.165) is 55.7 Å². The molecule has 0 saturated carbocycles. The Hall–Kier alpha value is -2.15. The molecule has 3 heterocycles. The van der Waals surface area contributed by atoms with Gasteiger partial charge < -0.3 is 14.7 Å². The van der Waals surface area contributed by atoms with E-state index in [-0.39, 0.29) is 0 Å². The Morgan fingerprint density at radius 1 is 1.29 bits per heavy atom. The van der Waals surface area contributed by atoms with Gasteiger partial charge in [0.25, 0.3) is 0 Å². The first-order valence-electron chi connectivity index (χ1n) is 8.44. The van der Waals surface area contributed by atoms with E-state index >= 15 is 0 Å². The van der Waals surface area contributed by atoms with Crippen molar-refractivity contribution < 1.29 is 4.52 Å². The molecule has 0 spiro atoms. The van der Waals surface area contributed by atoms with Crippen molar-refractivity contribution in [3.05, 3.63) is 29.3 Å². The Labute approximate surface area is 143 Å². The highest BCUT2D eigenvalue weighted by molar-refractivity contribution is 5.41. The minimum Gasteiger partial charge on any atom is -0.367 e. The van der Waals surface area contributed by atoms with Crippen molar-refractivity contribution in [2.24, 2.45) is 0 Å². The maximum absolute atomic E-state index is 5.26. The number of anilines is 2. The smallest absolute Gasteiger partial charge is 0.226 e. The largest absolute Gasteiger partial charge is 0.367 e. The van der Waals surface area contributed by atoms with Crippen LogP contribution in [0.5, 0.6) is 0 Å². The number of rotatable bonds is 5. The minimum atomic E-state index is 0.454. The normalized spacial score (nSPS) is 16.3. The van der Waals surface area contributed by atoms with Crippen LogP contribution in [0.25, 0.3) is 0 Å². The summed E-state index contributed by atoms with van der Waals surface area (Å²) in [7, 11) is 3.90. The van der Waals surface area contributed by atoms with Gasteiger partial charge in [-0.05, 0) is 32.8 Å². The van der Waals surface area contributed by atoms with Crippen molar-refractivity contribution in [1.82, 2.24) is 20.0 Å². The predicted molar refractivity (Wildman–Crippen MR) is 94.3 cm³/mol. The number of piperidine rings is 1. The van der Waals surface area contributed by atoms with E-state index in [0.29, 0.717) is 6.04 Å². The summed E-state index contributed by atoms with van der Waals surface area (Å²) >= 11 is 0. The molecule has 24 heavy (non-hydrogen) atoms. The summed E-state index contributed by atoms with van der Waals surface area (Å²) in [5.41, 5.74) is 2.23. The van der Waals surface area contributed by atoms with Crippen molar-refractivity contribution in [3.8, 4) is 0 Å². The van der Waals surface area contributed by atoms with Crippen molar-refractivity contribution in [2.45, 2.75) is 39.3 Å². The van der Waals surface area contributed by atoms with Crippen molar-refractivity contribution in [1.29, 1.82) is 0 Å². The van der Waals surface area contributed by atoms with Gasteiger partial charge in [0.2, 0.25) is 5.95 Å². The molecule has 130 valence electrons. The Kier molecular flexibility index (Phi) is 4.99. The van der Waals surface area contributed by atoms with E-state index in [1.165, 1.54) is 5.56 Å². The van der Waals surface area contributed by atoms with Crippen LogP contribution in [0, 0.1) is 13.8 Å². The molecule has 1 N–H and O–H groups in total. The van der Waals surface area contributed by atoms with E-state index in [4.69, 9.17) is 4.52 Å². The predicted octanol–water partition coefficient (Wildman–Crippen LogP) is 2.22. The Bertz CT molecular complexity index is 656. The number of likely N-dealkylation sites (tertiary alicyclic amines) is 1. The molecule has 1 aliphatic heterocycles. The van der Waals surface area contributed by atoms with Crippen LogP contribution < -0.4 is 10.2 Å². The fourth-order valence-corrected chi connectivity index (χ4v) is 3.04. The third-order valence-electron chi connectivity index (χ3n) is 4.55. The zero-order chi connectivity index (χ0) is 17.1. The molecule has 0 unspecified atom stereocenters. The van der Waals surface area contributed by atoms with Gasteiger partial charge in [0.05, 0.1) is 5.69 Å². The molecule has 1 aliphatic rings. The van der Waals surface area contributed by atoms with Gasteiger partial charge in [-0.15, -0.1) is 0 Å². The molecule has 1 fully saturated rings. The van der Waals surface area contributed by atoms with Crippen LogP contribution in [0.4, 0.5) is 11.8 Å². The Balaban J connectivity index is 1.53. The van der Waals surface area contributed by atoms with Crippen molar-refractivity contribution >= 4 is 11.8 Å². The summed E-state index contributed by atoms with van der Waals surface area (Å²) in [4.78, 5) is 13.2. The van der Waals surface area contributed by atoms with Crippen LogP contribution in [0.1, 0.15) is 29.9 Å². The molecular formula is C17H26N6O. The van der Waals surface area contributed by atoms with Crippen LogP contribution >= 0.6 is 0 Å².